The highest BCUT2D eigenvalue weighted by molar-refractivity contribution is 9.10. The number of carbonyl (C=O) groups excluding carboxylic acids is 1. The predicted molar refractivity (Wildman–Crippen MR) is 73.0 cm³/mol. The van der Waals surface area contributed by atoms with E-state index in [1.807, 2.05) is 0 Å². The molecule has 0 saturated carbocycles. The minimum absolute atomic E-state index is 0.0833. The minimum Gasteiger partial charge on any atom is -0.320 e. The van der Waals surface area contributed by atoms with Crippen molar-refractivity contribution in [1.82, 2.24) is 4.98 Å². The Morgan fingerprint density at radius 1 is 1.26 bits per heavy atom. The van der Waals surface area contributed by atoms with E-state index in [-0.39, 0.29) is 11.4 Å². The summed E-state index contributed by atoms with van der Waals surface area (Å²) in [5, 5.41) is 13.2. The van der Waals surface area contributed by atoms with E-state index in [9.17, 15) is 14.9 Å². The lowest BCUT2D eigenvalue weighted by molar-refractivity contribution is -0.384. The van der Waals surface area contributed by atoms with Gasteiger partial charge in [0, 0.05) is 17.8 Å². The van der Waals surface area contributed by atoms with Crippen LogP contribution in [0.4, 0.5) is 11.4 Å². The summed E-state index contributed by atoms with van der Waals surface area (Å²) in [7, 11) is 0. The Balaban J connectivity index is 2.19. The number of benzene rings is 1. The van der Waals surface area contributed by atoms with Gasteiger partial charge in [-0.1, -0.05) is 12.1 Å². The van der Waals surface area contributed by atoms with E-state index in [1.54, 1.807) is 24.3 Å². The largest absolute Gasteiger partial charge is 0.320 e. The van der Waals surface area contributed by atoms with Gasteiger partial charge in [0.15, 0.2) is 0 Å². The molecule has 0 spiro atoms. The summed E-state index contributed by atoms with van der Waals surface area (Å²) in [5.74, 6) is -0.429. The summed E-state index contributed by atoms with van der Waals surface area (Å²) in [6.45, 7) is 0. The number of pyridine rings is 1. The van der Waals surface area contributed by atoms with Crippen molar-refractivity contribution in [2.24, 2.45) is 0 Å². The van der Waals surface area contributed by atoms with Crippen molar-refractivity contribution in [2.75, 3.05) is 5.32 Å². The fourth-order valence-corrected chi connectivity index (χ4v) is 1.77. The number of amides is 1. The van der Waals surface area contributed by atoms with Crippen molar-refractivity contribution in [2.45, 2.75) is 0 Å². The number of anilines is 1. The van der Waals surface area contributed by atoms with Crippen LogP contribution in [0.5, 0.6) is 0 Å². The maximum Gasteiger partial charge on any atom is 0.274 e. The van der Waals surface area contributed by atoms with Gasteiger partial charge in [0.25, 0.3) is 11.6 Å². The summed E-state index contributed by atoms with van der Waals surface area (Å²) in [4.78, 5) is 26.0. The molecule has 0 fully saturated rings. The summed E-state index contributed by atoms with van der Waals surface area (Å²) >= 11 is 3.17. The van der Waals surface area contributed by atoms with Crippen molar-refractivity contribution < 1.29 is 9.72 Å². The number of hydrogen-bond donors (Lipinski definition) is 1. The molecule has 1 N–H and O–H groups in total. The lowest BCUT2D eigenvalue weighted by Crippen LogP contribution is -2.13. The first-order chi connectivity index (χ1) is 9.06. The monoisotopic (exact) mass is 321 g/mol. The zero-order valence-electron chi connectivity index (χ0n) is 9.54. The lowest BCUT2D eigenvalue weighted by atomic mass is 10.2. The third kappa shape index (κ3) is 3.35. The third-order valence-electron chi connectivity index (χ3n) is 2.26. The number of halogens is 1. The van der Waals surface area contributed by atoms with E-state index in [0.29, 0.717) is 10.3 Å². The zero-order chi connectivity index (χ0) is 13.8. The molecule has 6 nitrogen and oxygen atoms in total. The first kappa shape index (κ1) is 13.2. The molecule has 1 amide bonds. The number of aromatic nitrogens is 1. The smallest absolute Gasteiger partial charge is 0.274 e. The van der Waals surface area contributed by atoms with Gasteiger partial charge in [0.2, 0.25) is 0 Å². The molecule has 2 aromatic rings. The van der Waals surface area contributed by atoms with Gasteiger partial charge in [-0.05, 0) is 34.1 Å². The van der Waals surface area contributed by atoms with Crippen LogP contribution in [0.1, 0.15) is 10.5 Å². The summed E-state index contributed by atoms with van der Waals surface area (Å²) in [5.41, 5.74) is 0.488. The quantitative estimate of drug-likeness (QED) is 0.535. The third-order valence-corrected chi connectivity index (χ3v) is 2.70. The van der Waals surface area contributed by atoms with Gasteiger partial charge >= 0.3 is 0 Å². The Morgan fingerprint density at radius 3 is 2.68 bits per heavy atom. The van der Waals surface area contributed by atoms with E-state index in [2.05, 4.69) is 26.2 Å². The van der Waals surface area contributed by atoms with E-state index < -0.39 is 10.8 Å². The molecule has 1 aromatic heterocycles. The van der Waals surface area contributed by atoms with Gasteiger partial charge in [-0.2, -0.15) is 0 Å². The Kier molecular flexibility index (Phi) is 3.86. The van der Waals surface area contributed by atoms with Gasteiger partial charge in [-0.25, -0.2) is 4.98 Å². The Hall–Kier alpha value is -2.28. The predicted octanol–water partition coefficient (Wildman–Crippen LogP) is 3.00. The highest BCUT2D eigenvalue weighted by atomic mass is 79.9. The van der Waals surface area contributed by atoms with E-state index in [0.717, 1.165) is 0 Å². The molecule has 19 heavy (non-hydrogen) atoms. The Labute approximate surface area is 116 Å². The van der Waals surface area contributed by atoms with Crippen LogP contribution in [0.15, 0.2) is 47.1 Å². The number of nitrogens with one attached hydrogen (secondary N) is 1. The number of nitro benzene ring substituents is 1. The van der Waals surface area contributed by atoms with Crippen molar-refractivity contribution in [1.29, 1.82) is 0 Å². The summed E-state index contributed by atoms with van der Waals surface area (Å²) in [6.07, 6.45) is 0. The lowest BCUT2D eigenvalue weighted by Gasteiger charge is -2.04. The number of carbonyl (C=O) groups is 1. The second kappa shape index (κ2) is 5.57. The van der Waals surface area contributed by atoms with Crippen LogP contribution in [0.2, 0.25) is 0 Å². The van der Waals surface area contributed by atoms with Gasteiger partial charge in [0.1, 0.15) is 10.3 Å². The molecule has 0 unspecified atom stereocenters. The highest BCUT2D eigenvalue weighted by Gasteiger charge is 2.10. The maximum atomic E-state index is 11.9. The SMILES string of the molecule is O=C(Nc1cccc([N+](=O)[O-])c1)c1cccc(Br)n1. The van der Waals surface area contributed by atoms with Crippen LogP contribution in [-0.2, 0) is 0 Å². The molecule has 1 aromatic carbocycles. The molecule has 1 heterocycles. The molecular formula is C12H8BrN3O3. The molecule has 96 valence electrons. The summed E-state index contributed by atoms with van der Waals surface area (Å²) < 4.78 is 0.541. The number of hydrogen-bond acceptors (Lipinski definition) is 4. The molecule has 2 rings (SSSR count). The second-order valence-corrected chi connectivity index (χ2v) is 4.42. The standard InChI is InChI=1S/C12H8BrN3O3/c13-11-6-2-5-10(15-11)12(17)14-8-3-1-4-9(7-8)16(18)19/h1-7H,(H,14,17). The van der Waals surface area contributed by atoms with E-state index in [1.165, 1.54) is 18.2 Å². The molecule has 0 aliphatic heterocycles. The fraction of sp³-hybridized carbons (Fsp3) is 0. The number of rotatable bonds is 3. The van der Waals surface area contributed by atoms with Gasteiger partial charge in [-0.3, -0.25) is 14.9 Å². The molecule has 7 heteroatoms. The van der Waals surface area contributed by atoms with Crippen molar-refractivity contribution in [3.8, 4) is 0 Å². The molecule has 0 atom stereocenters. The van der Waals surface area contributed by atoms with Gasteiger partial charge < -0.3 is 5.32 Å². The normalized spacial score (nSPS) is 9.95. The molecule has 0 aliphatic carbocycles. The van der Waals surface area contributed by atoms with Crippen LogP contribution in [0.25, 0.3) is 0 Å². The van der Waals surface area contributed by atoms with Crippen LogP contribution in [0.3, 0.4) is 0 Å². The number of nitrogens with zero attached hydrogens (tertiary/aromatic N) is 2. The molecule has 0 radical (unpaired) electrons. The second-order valence-electron chi connectivity index (χ2n) is 3.61. The van der Waals surface area contributed by atoms with Crippen LogP contribution in [-0.4, -0.2) is 15.8 Å². The van der Waals surface area contributed by atoms with Crippen molar-refractivity contribution in [3.05, 3.63) is 62.9 Å². The van der Waals surface area contributed by atoms with Crippen LogP contribution < -0.4 is 5.32 Å². The van der Waals surface area contributed by atoms with Crippen molar-refractivity contribution in [3.63, 3.8) is 0 Å². The maximum absolute atomic E-state index is 11.9. The summed E-state index contributed by atoms with van der Waals surface area (Å²) in [6, 6.07) is 10.6. The fourth-order valence-electron chi connectivity index (χ4n) is 1.43. The van der Waals surface area contributed by atoms with Gasteiger partial charge in [0.05, 0.1) is 4.92 Å². The van der Waals surface area contributed by atoms with E-state index >= 15 is 0 Å². The molecule has 0 aliphatic rings. The molecule has 0 saturated heterocycles. The zero-order valence-corrected chi connectivity index (χ0v) is 11.1. The average Bonchev–Trinajstić information content (AvgIpc) is 2.39. The Bertz CT molecular complexity index is 646. The number of non-ortho nitro benzene ring substituents is 1. The first-order valence-electron chi connectivity index (χ1n) is 5.24. The van der Waals surface area contributed by atoms with Gasteiger partial charge in [-0.15, -0.1) is 0 Å². The first-order valence-corrected chi connectivity index (χ1v) is 6.04. The molecule has 0 bridgehead atoms. The average molecular weight is 322 g/mol. The molecular weight excluding hydrogens is 314 g/mol. The topological polar surface area (TPSA) is 85.1 Å². The Morgan fingerprint density at radius 2 is 2.00 bits per heavy atom. The van der Waals surface area contributed by atoms with Crippen molar-refractivity contribution >= 4 is 33.2 Å². The highest BCUT2D eigenvalue weighted by Crippen LogP contribution is 2.17. The van der Waals surface area contributed by atoms with Crippen LogP contribution in [0, 0.1) is 10.1 Å². The number of nitro groups is 1. The minimum atomic E-state index is -0.521. The van der Waals surface area contributed by atoms with E-state index in [4.69, 9.17) is 0 Å². The van der Waals surface area contributed by atoms with Crippen LogP contribution >= 0.6 is 15.9 Å².